The summed E-state index contributed by atoms with van der Waals surface area (Å²) in [6, 6.07) is 18.0. The Hall–Kier alpha value is -2.11. The summed E-state index contributed by atoms with van der Waals surface area (Å²) in [5.41, 5.74) is -0.919. The molecule has 2 aromatic carbocycles. The van der Waals surface area contributed by atoms with Crippen LogP contribution in [-0.4, -0.2) is 35.0 Å². The lowest BCUT2D eigenvalue weighted by Gasteiger charge is -2.41. The number of hydrogen-bond donors (Lipinski definition) is 2. The summed E-state index contributed by atoms with van der Waals surface area (Å²) in [4.78, 5) is 12.3. The van der Waals surface area contributed by atoms with Crippen molar-refractivity contribution in [1.29, 1.82) is 0 Å². The first kappa shape index (κ1) is 21.2. The Morgan fingerprint density at radius 3 is 2.11 bits per heavy atom. The van der Waals surface area contributed by atoms with Gasteiger partial charge in [-0.3, -0.25) is 4.79 Å². The fraction of sp³-hybridized carbons (Fsp3) is 0.409. The normalized spacial score (nSPS) is 16.0. The number of alkyl halides is 2. The van der Waals surface area contributed by atoms with Gasteiger partial charge in [0.25, 0.3) is 6.43 Å². The fourth-order valence-corrected chi connectivity index (χ4v) is 3.08. The first-order chi connectivity index (χ1) is 12.7. The SMILES string of the molecule is CCC(=O)C(C)(NCCc1ccc(-c2ccccc2)cc1)C(C)(O)C(F)F. The van der Waals surface area contributed by atoms with Crippen molar-refractivity contribution < 1.29 is 18.7 Å². The third-order valence-electron chi connectivity index (χ3n) is 5.27. The number of aliphatic hydroxyl groups is 1. The third kappa shape index (κ3) is 4.60. The van der Waals surface area contributed by atoms with Gasteiger partial charge in [-0.1, -0.05) is 61.5 Å². The zero-order valence-corrected chi connectivity index (χ0v) is 16.0. The molecule has 0 amide bonds. The van der Waals surface area contributed by atoms with Crippen LogP contribution in [0, 0.1) is 0 Å². The van der Waals surface area contributed by atoms with Crippen molar-refractivity contribution in [3.8, 4) is 11.1 Å². The topological polar surface area (TPSA) is 49.3 Å². The summed E-state index contributed by atoms with van der Waals surface area (Å²) in [6.45, 7) is 4.26. The largest absolute Gasteiger partial charge is 0.382 e. The van der Waals surface area contributed by atoms with Gasteiger partial charge in [0.15, 0.2) is 5.78 Å². The van der Waals surface area contributed by atoms with E-state index in [9.17, 15) is 18.7 Å². The predicted octanol–water partition coefficient (Wildman–Crippen LogP) is 4.24. The first-order valence-corrected chi connectivity index (χ1v) is 9.15. The van der Waals surface area contributed by atoms with Crippen LogP contribution in [0.25, 0.3) is 11.1 Å². The molecule has 5 heteroatoms. The lowest BCUT2D eigenvalue weighted by molar-refractivity contribution is -0.158. The van der Waals surface area contributed by atoms with Crippen LogP contribution in [0.3, 0.4) is 0 Å². The van der Waals surface area contributed by atoms with Crippen molar-refractivity contribution in [2.75, 3.05) is 6.54 Å². The Kier molecular flexibility index (Phi) is 6.84. The fourth-order valence-electron chi connectivity index (χ4n) is 3.08. The molecule has 0 aliphatic heterocycles. The van der Waals surface area contributed by atoms with Crippen molar-refractivity contribution in [3.63, 3.8) is 0 Å². The monoisotopic (exact) mass is 375 g/mol. The minimum Gasteiger partial charge on any atom is -0.382 e. The Morgan fingerprint density at radius 2 is 1.59 bits per heavy atom. The predicted molar refractivity (Wildman–Crippen MR) is 104 cm³/mol. The molecular weight excluding hydrogens is 348 g/mol. The molecule has 0 bridgehead atoms. The van der Waals surface area contributed by atoms with Gasteiger partial charge in [0.2, 0.25) is 0 Å². The standard InChI is InChI=1S/C22H27F2NO2/c1-4-19(26)21(2,22(3,27)20(23)24)25-15-14-16-10-12-18(13-11-16)17-8-6-5-7-9-17/h5-13,20,25,27H,4,14-15H2,1-3H3. The van der Waals surface area contributed by atoms with Gasteiger partial charge >= 0.3 is 0 Å². The average Bonchev–Trinajstić information content (AvgIpc) is 2.68. The molecule has 0 saturated carbocycles. The van der Waals surface area contributed by atoms with Gasteiger partial charge in [0, 0.05) is 13.0 Å². The lowest BCUT2D eigenvalue weighted by Crippen LogP contribution is -2.67. The molecule has 0 aliphatic carbocycles. The third-order valence-corrected chi connectivity index (χ3v) is 5.27. The van der Waals surface area contributed by atoms with Crippen LogP contribution in [0.2, 0.25) is 0 Å². The number of benzene rings is 2. The smallest absolute Gasteiger partial charge is 0.268 e. The maximum atomic E-state index is 13.3. The molecule has 27 heavy (non-hydrogen) atoms. The Morgan fingerprint density at radius 1 is 1.04 bits per heavy atom. The van der Waals surface area contributed by atoms with E-state index in [1.807, 2.05) is 54.6 Å². The highest BCUT2D eigenvalue weighted by Crippen LogP contribution is 2.30. The van der Waals surface area contributed by atoms with Crippen LogP contribution >= 0.6 is 0 Å². The van der Waals surface area contributed by atoms with Crippen molar-refractivity contribution >= 4 is 5.78 Å². The van der Waals surface area contributed by atoms with E-state index >= 15 is 0 Å². The van der Waals surface area contributed by atoms with Crippen LogP contribution in [0.15, 0.2) is 54.6 Å². The van der Waals surface area contributed by atoms with Crippen LogP contribution in [0.1, 0.15) is 32.8 Å². The van der Waals surface area contributed by atoms with Crippen LogP contribution < -0.4 is 5.32 Å². The quantitative estimate of drug-likeness (QED) is 0.689. The summed E-state index contributed by atoms with van der Waals surface area (Å²) in [5, 5.41) is 13.1. The number of carbonyl (C=O) groups is 1. The van der Waals surface area contributed by atoms with Crippen LogP contribution in [-0.2, 0) is 11.2 Å². The van der Waals surface area contributed by atoms with Crippen molar-refractivity contribution in [1.82, 2.24) is 5.32 Å². The number of hydrogen-bond acceptors (Lipinski definition) is 3. The van der Waals surface area contributed by atoms with Crippen molar-refractivity contribution in [2.24, 2.45) is 0 Å². The maximum absolute atomic E-state index is 13.3. The molecule has 0 aliphatic rings. The molecule has 0 spiro atoms. The van der Waals surface area contributed by atoms with E-state index in [4.69, 9.17) is 0 Å². The number of ketones is 1. The van der Waals surface area contributed by atoms with E-state index in [1.165, 1.54) is 6.92 Å². The van der Waals surface area contributed by atoms with E-state index in [0.29, 0.717) is 13.0 Å². The molecular formula is C22H27F2NO2. The molecule has 0 saturated heterocycles. The van der Waals surface area contributed by atoms with Gasteiger partial charge in [-0.15, -0.1) is 0 Å². The molecule has 3 nitrogen and oxygen atoms in total. The molecule has 2 aromatic rings. The molecule has 2 unspecified atom stereocenters. The minimum absolute atomic E-state index is 0.0676. The van der Waals surface area contributed by atoms with Gasteiger partial charge in [-0.2, -0.15) is 0 Å². The average molecular weight is 375 g/mol. The number of nitrogens with one attached hydrogen (secondary N) is 1. The van der Waals surface area contributed by atoms with E-state index in [0.717, 1.165) is 23.6 Å². The van der Waals surface area contributed by atoms with E-state index in [1.54, 1.807) is 6.92 Å². The number of rotatable bonds is 9. The van der Waals surface area contributed by atoms with E-state index in [2.05, 4.69) is 5.32 Å². The van der Waals surface area contributed by atoms with Gasteiger partial charge in [0.1, 0.15) is 11.1 Å². The Bertz CT molecular complexity index is 745. The molecule has 0 fully saturated rings. The van der Waals surface area contributed by atoms with Crippen molar-refractivity contribution in [2.45, 2.75) is 51.2 Å². The molecule has 146 valence electrons. The maximum Gasteiger partial charge on any atom is 0.268 e. The molecule has 2 atom stereocenters. The summed E-state index contributed by atoms with van der Waals surface area (Å²) in [6.07, 6.45) is -2.41. The van der Waals surface area contributed by atoms with E-state index < -0.39 is 23.3 Å². The summed E-state index contributed by atoms with van der Waals surface area (Å²) >= 11 is 0. The van der Waals surface area contributed by atoms with Gasteiger partial charge in [-0.05, 0) is 37.0 Å². The molecule has 0 aromatic heterocycles. The molecule has 0 heterocycles. The highest BCUT2D eigenvalue weighted by Gasteiger charge is 2.53. The second-order valence-electron chi connectivity index (χ2n) is 7.09. The lowest BCUT2D eigenvalue weighted by atomic mass is 9.78. The summed E-state index contributed by atoms with van der Waals surface area (Å²) in [5.74, 6) is -0.438. The Labute approximate surface area is 159 Å². The van der Waals surface area contributed by atoms with Crippen LogP contribution in [0.4, 0.5) is 8.78 Å². The highest BCUT2D eigenvalue weighted by molar-refractivity contribution is 5.89. The number of carbonyl (C=O) groups excluding carboxylic acids is 1. The first-order valence-electron chi connectivity index (χ1n) is 9.15. The zero-order chi connectivity index (χ0) is 20.1. The van der Waals surface area contributed by atoms with Gasteiger partial charge in [0.05, 0.1) is 0 Å². The van der Waals surface area contributed by atoms with E-state index in [-0.39, 0.29) is 6.42 Å². The summed E-state index contributed by atoms with van der Waals surface area (Å²) in [7, 11) is 0. The molecule has 0 radical (unpaired) electrons. The number of halogens is 2. The Balaban J connectivity index is 2.05. The molecule has 2 rings (SSSR count). The number of Topliss-reactive ketones (excluding diaryl/α,β-unsaturated/α-hetero) is 1. The van der Waals surface area contributed by atoms with Crippen molar-refractivity contribution in [3.05, 3.63) is 60.2 Å². The minimum atomic E-state index is -3.03. The molecule has 2 N–H and O–H groups in total. The van der Waals surface area contributed by atoms with Gasteiger partial charge in [-0.25, -0.2) is 8.78 Å². The second kappa shape index (κ2) is 8.72. The second-order valence-corrected chi connectivity index (χ2v) is 7.09. The van der Waals surface area contributed by atoms with Gasteiger partial charge < -0.3 is 10.4 Å². The summed E-state index contributed by atoms with van der Waals surface area (Å²) < 4.78 is 26.6. The van der Waals surface area contributed by atoms with Crippen LogP contribution in [0.5, 0.6) is 0 Å². The highest BCUT2D eigenvalue weighted by atomic mass is 19.3. The zero-order valence-electron chi connectivity index (χ0n) is 16.0.